The molecule has 2 heterocycles. The Hall–Kier alpha value is -1.44. The van der Waals surface area contributed by atoms with E-state index >= 15 is 0 Å². The molecule has 2 aromatic heterocycles. The Balaban J connectivity index is 2.00. The predicted octanol–water partition coefficient (Wildman–Crippen LogP) is 4.22. The van der Waals surface area contributed by atoms with Crippen LogP contribution in [0.3, 0.4) is 0 Å². The third kappa shape index (κ3) is 3.41. The molecular formula is C16H19BrN2O3Si. The van der Waals surface area contributed by atoms with Gasteiger partial charge >= 0.3 is 5.63 Å². The number of hydrogen-bond acceptors (Lipinski definition) is 4. The first-order valence-electron chi connectivity index (χ1n) is 7.52. The van der Waals surface area contributed by atoms with E-state index in [-0.39, 0.29) is 0 Å². The van der Waals surface area contributed by atoms with Gasteiger partial charge in [0.1, 0.15) is 12.3 Å². The average molecular weight is 395 g/mol. The van der Waals surface area contributed by atoms with Crippen molar-refractivity contribution in [1.29, 1.82) is 0 Å². The van der Waals surface area contributed by atoms with Crippen molar-refractivity contribution in [3.8, 4) is 0 Å². The summed E-state index contributed by atoms with van der Waals surface area (Å²) in [6, 6.07) is 8.57. The summed E-state index contributed by atoms with van der Waals surface area (Å²) in [7, 11) is -1.13. The Bertz CT molecular complexity index is 911. The minimum Gasteiger partial charge on any atom is -0.421 e. The molecule has 0 aliphatic rings. The lowest BCUT2D eigenvalue weighted by Crippen LogP contribution is -2.22. The summed E-state index contributed by atoms with van der Waals surface area (Å²) in [5.41, 5.74) is 1.20. The standard InChI is InChI=1S/C16H19BrN2O3Si/c1-23(2,3)9-8-21-10-19-14-11-6-4-5-7-12(11)22-15(20)13(14)18-16(19)17/h4-7H,8-10H2,1-3H3. The zero-order valence-electron chi connectivity index (χ0n) is 13.4. The van der Waals surface area contributed by atoms with E-state index in [1.54, 1.807) is 6.07 Å². The van der Waals surface area contributed by atoms with Crippen LogP contribution in [0.5, 0.6) is 0 Å². The Morgan fingerprint density at radius 2 is 2.04 bits per heavy atom. The summed E-state index contributed by atoms with van der Waals surface area (Å²) in [5.74, 6) is 0. The second-order valence-corrected chi connectivity index (χ2v) is 13.1. The highest BCUT2D eigenvalue weighted by atomic mass is 79.9. The van der Waals surface area contributed by atoms with E-state index in [1.807, 2.05) is 22.8 Å². The van der Waals surface area contributed by atoms with Crippen molar-refractivity contribution in [2.45, 2.75) is 32.4 Å². The number of fused-ring (bicyclic) bond motifs is 3. The highest BCUT2D eigenvalue weighted by Crippen LogP contribution is 2.26. The van der Waals surface area contributed by atoms with Crippen molar-refractivity contribution in [3.05, 3.63) is 39.4 Å². The van der Waals surface area contributed by atoms with Crippen molar-refractivity contribution in [3.63, 3.8) is 0 Å². The zero-order chi connectivity index (χ0) is 16.6. The number of benzene rings is 1. The second-order valence-electron chi connectivity index (χ2n) is 6.74. The SMILES string of the molecule is C[Si](C)(C)CCOCn1c(Br)nc2c(=O)oc3ccccc3c21. The van der Waals surface area contributed by atoms with Gasteiger partial charge in [-0.15, -0.1) is 0 Å². The molecule has 0 fully saturated rings. The first-order valence-corrected chi connectivity index (χ1v) is 12.0. The minimum absolute atomic E-state index is 0.323. The molecule has 5 nitrogen and oxygen atoms in total. The molecule has 0 radical (unpaired) electrons. The van der Waals surface area contributed by atoms with E-state index in [4.69, 9.17) is 9.15 Å². The maximum Gasteiger partial charge on any atom is 0.364 e. The van der Waals surface area contributed by atoms with Gasteiger partial charge in [-0.2, -0.15) is 0 Å². The summed E-state index contributed by atoms with van der Waals surface area (Å²) < 4.78 is 13.6. The van der Waals surface area contributed by atoms with Gasteiger partial charge in [0.05, 0.1) is 5.52 Å². The van der Waals surface area contributed by atoms with Crippen molar-refractivity contribution in [2.24, 2.45) is 0 Å². The van der Waals surface area contributed by atoms with Gasteiger partial charge in [0.25, 0.3) is 0 Å². The Kier molecular flexibility index (Phi) is 4.44. The quantitative estimate of drug-likeness (QED) is 0.369. The summed E-state index contributed by atoms with van der Waals surface area (Å²) in [6.45, 7) is 8.02. The van der Waals surface area contributed by atoms with Gasteiger partial charge in [-0.1, -0.05) is 31.8 Å². The van der Waals surface area contributed by atoms with E-state index in [1.165, 1.54) is 0 Å². The van der Waals surface area contributed by atoms with Crippen molar-refractivity contribution in [2.75, 3.05) is 6.61 Å². The van der Waals surface area contributed by atoms with Crippen LogP contribution in [0.4, 0.5) is 0 Å². The number of imidazole rings is 1. The van der Waals surface area contributed by atoms with E-state index in [2.05, 4.69) is 40.6 Å². The van der Waals surface area contributed by atoms with Crippen molar-refractivity contribution in [1.82, 2.24) is 9.55 Å². The van der Waals surface area contributed by atoms with Crippen LogP contribution in [-0.2, 0) is 11.5 Å². The maximum atomic E-state index is 12.1. The van der Waals surface area contributed by atoms with Crippen LogP contribution in [0, 0.1) is 0 Å². The zero-order valence-corrected chi connectivity index (χ0v) is 16.0. The van der Waals surface area contributed by atoms with Gasteiger partial charge in [0.15, 0.2) is 10.3 Å². The normalized spacial score (nSPS) is 12.3. The minimum atomic E-state index is -1.13. The summed E-state index contributed by atoms with van der Waals surface area (Å²) in [6.07, 6.45) is 0. The Labute approximate surface area is 143 Å². The number of para-hydroxylation sites is 1. The number of ether oxygens (including phenoxy) is 1. The summed E-state index contributed by atoms with van der Waals surface area (Å²) >= 11 is 3.42. The molecule has 0 bridgehead atoms. The van der Waals surface area contributed by atoms with Crippen LogP contribution in [0.1, 0.15) is 0 Å². The van der Waals surface area contributed by atoms with Gasteiger partial charge in [-0.3, -0.25) is 4.57 Å². The smallest absolute Gasteiger partial charge is 0.364 e. The fraction of sp³-hybridized carbons (Fsp3) is 0.375. The van der Waals surface area contributed by atoms with E-state index in [0.717, 1.165) is 16.9 Å². The number of hydrogen-bond donors (Lipinski definition) is 0. The monoisotopic (exact) mass is 394 g/mol. The predicted molar refractivity (Wildman–Crippen MR) is 97.6 cm³/mol. The van der Waals surface area contributed by atoms with Crippen molar-refractivity contribution >= 4 is 46.0 Å². The number of rotatable bonds is 5. The molecule has 0 N–H and O–H groups in total. The molecule has 0 amide bonds. The fourth-order valence-electron chi connectivity index (χ4n) is 2.39. The topological polar surface area (TPSA) is 57.3 Å². The van der Waals surface area contributed by atoms with Gasteiger partial charge in [0, 0.05) is 20.1 Å². The number of aromatic nitrogens is 2. The van der Waals surface area contributed by atoms with Crippen LogP contribution in [0.25, 0.3) is 22.0 Å². The molecule has 0 spiro atoms. The number of halogens is 1. The van der Waals surface area contributed by atoms with E-state index in [0.29, 0.717) is 29.2 Å². The van der Waals surface area contributed by atoms with Gasteiger partial charge < -0.3 is 9.15 Å². The van der Waals surface area contributed by atoms with Gasteiger partial charge in [-0.05, 0) is 34.1 Å². The molecule has 0 aliphatic heterocycles. The van der Waals surface area contributed by atoms with Crippen LogP contribution in [0.2, 0.25) is 25.7 Å². The van der Waals surface area contributed by atoms with E-state index < -0.39 is 13.7 Å². The Morgan fingerprint density at radius 3 is 2.78 bits per heavy atom. The molecule has 23 heavy (non-hydrogen) atoms. The lowest BCUT2D eigenvalue weighted by atomic mass is 10.2. The first-order chi connectivity index (χ1) is 10.9. The Morgan fingerprint density at radius 1 is 1.30 bits per heavy atom. The molecule has 0 unspecified atom stereocenters. The third-order valence-corrected chi connectivity index (χ3v) is 5.99. The maximum absolute atomic E-state index is 12.1. The van der Waals surface area contributed by atoms with Gasteiger partial charge in [0.2, 0.25) is 0 Å². The molecule has 7 heteroatoms. The molecule has 1 aromatic carbocycles. The highest BCUT2D eigenvalue weighted by molar-refractivity contribution is 9.10. The molecule has 0 saturated heterocycles. The molecule has 0 atom stereocenters. The summed E-state index contributed by atoms with van der Waals surface area (Å²) in [5, 5.41) is 0.856. The van der Waals surface area contributed by atoms with Crippen LogP contribution in [0.15, 0.2) is 38.2 Å². The van der Waals surface area contributed by atoms with Crippen LogP contribution < -0.4 is 5.63 Å². The molecule has 122 valence electrons. The molecule has 0 aliphatic carbocycles. The lowest BCUT2D eigenvalue weighted by Gasteiger charge is -2.16. The third-order valence-electron chi connectivity index (χ3n) is 3.68. The average Bonchev–Trinajstić information content (AvgIpc) is 2.81. The second kappa shape index (κ2) is 6.22. The molecular weight excluding hydrogens is 376 g/mol. The molecule has 0 saturated carbocycles. The van der Waals surface area contributed by atoms with Crippen LogP contribution in [-0.4, -0.2) is 24.2 Å². The van der Waals surface area contributed by atoms with Crippen molar-refractivity contribution < 1.29 is 9.15 Å². The molecule has 3 aromatic rings. The van der Waals surface area contributed by atoms with Crippen LogP contribution >= 0.6 is 15.9 Å². The van der Waals surface area contributed by atoms with E-state index in [9.17, 15) is 4.79 Å². The highest BCUT2D eigenvalue weighted by Gasteiger charge is 2.17. The fourth-order valence-corrected chi connectivity index (χ4v) is 3.61. The largest absolute Gasteiger partial charge is 0.421 e. The first kappa shape index (κ1) is 16.4. The number of nitrogens with zero attached hydrogens (tertiary/aromatic N) is 2. The molecule has 3 rings (SSSR count). The van der Waals surface area contributed by atoms with Gasteiger partial charge in [-0.25, -0.2) is 9.78 Å². The lowest BCUT2D eigenvalue weighted by molar-refractivity contribution is 0.0885. The summed E-state index contributed by atoms with van der Waals surface area (Å²) in [4.78, 5) is 16.4.